The first-order chi connectivity index (χ1) is 7.75. The predicted octanol–water partition coefficient (Wildman–Crippen LogP) is 1.11. The molecule has 0 spiro atoms. The van der Waals surface area contributed by atoms with Gasteiger partial charge in [-0.1, -0.05) is 5.21 Å². The molecular weight excluding hydrogens is 209 g/mol. The summed E-state index contributed by atoms with van der Waals surface area (Å²) >= 11 is 0. The Hall–Kier alpha value is -2.11. The number of halogens is 1. The van der Waals surface area contributed by atoms with Gasteiger partial charge < -0.3 is 11.1 Å². The molecule has 2 aromatic rings. The Morgan fingerprint density at radius 3 is 3.00 bits per heavy atom. The second-order valence-corrected chi connectivity index (χ2v) is 3.33. The van der Waals surface area contributed by atoms with Crippen LogP contribution in [0.25, 0.3) is 0 Å². The van der Waals surface area contributed by atoms with E-state index in [0.717, 1.165) is 0 Å². The number of benzene rings is 1. The van der Waals surface area contributed by atoms with Crippen molar-refractivity contribution < 1.29 is 4.39 Å². The Kier molecular flexibility index (Phi) is 3.00. The van der Waals surface area contributed by atoms with E-state index in [4.69, 9.17) is 5.73 Å². The number of nitrogens with one attached hydrogen (secondary N) is 1. The van der Waals surface area contributed by atoms with Crippen LogP contribution in [0.2, 0.25) is 0 Å². The summed E-state index contributed by atoms with van der Waals surface area (Å²) in [6.07, 6.45) is 3.35. The predicted molar refractivity (Wildman–Crippen MR) is 59.3 cm³/mol. The maximum atomic E-state index is 13.3. The van der Waals surface area contributed by atoms with E-state index >= 15 is 0 Å². The fourth-order valence-corrected chi connectivity index (χ4v) is 1.33. The highest BCUT2D eigenvalue weighted by molar-refractivity contribution is 5.52. The average Bonchev–Trinajstić information content (AvgIpc) is 2.74. The Labute approximate surface area is 92.1 Å². The minimum absolute atomic E-state index is 0.349. The fourth-order valence-electron chi connectivity index (χ4n) is 1.33. The second kappa shape index (κ2) is 4.61. The number of hydrogen-bond donors (Lipinski definition) is 2. The van der Waals surface area contributed by atoms with Crippen molar-refractivity contribution in [3.63, 3.8) is 0 Å². The first-order valence-corrected chi connectivity index (χ1v) is 4.89. The highest BCUT2D eigenvalue weighted by atomic mass is 19.1. The van der Waals surface area contributed by atoms with Crippen LogP contribution in [0.15, 0.2) is 30.6 Å². The lowest BCUT2D eigenvalue weighted by atomic mass is 10.2. The molecule has 0 atom stereocenters. The first-order valence-electron chi connectivity index (χ1n) is 4.89. The van der Waals surface area contributed by atoms with Crippen molar-refractivity contribution in [2.75, 3.05) is 17.6 Å². The summed E-state index contributed by atoms with van der Waals surface area (Å²) in [6.45, 7) is 1.20. The zero-order valence-electron chi connectivity index (χ0n) is 8.60. The van der Waals surface area contributed by atoms with Crippen LogP contribution < -0.4 is 11.1 Å². The van der Waals surface area contributed by atoms with E-state index in [-0.39, 0.29) is 5.82 Å². The summed E-state index contributed by atoms with van der Waals surface area (Å²) in [6, 6.07) is 4.56. The first kappa shape index (κ1) is 10.4. The molecule has 0 saturated heterocycles. The molecule has 84 valence electrons. The summed E-state index contributed by atoms with van der Waals surface area (Å²) < 4.78 is 15.0. The zero-order valence-corrected chi connectivity index (χ0v) is 8.60. The molecule has 1 aromatic heterocycles. The van der Waals surface area contributed by atoms with Gasteiger partial charge in [0.05, 0.1) is 18.4 Å². The van der Waals surface area contributed by atoms with E-state index in [1.165, 1.54) is 6.07 Å². The summed E-state index contributed by atoms with van der Waals surface area (Å²) in [5, 5.41) is 10.4. The Balaban J connectivity index is 1.90. The van der Waals surface area contributed by atoms with Gasteiger partial charge in [-0.15, -0.1) is 5.10 Å². The molecule has 0 unspecified atom stereocenters. The quantitative estimate of drug-likeness (QED) is 0.759. The number of aromatic nitrogens is 3. The van der Waals surface area contributed by atoms with Crippen molar-refractivity contribution in [3.8, 4) is 0 Å². The van der Waals surface area contributed by atoms with Crippen molar-refractivity contribution in [1.82, 2.24) is 15.0 Å². The van der Waals surface area contributed by atoms with E-state index in [1.807, 2.05) is 0 Å². The van der Waals surface area contributed by atoms with E-state index in [1.54, 1.807) is 29.2 Å². The molecule has 1 aromatic carbocycles. The number of nitrogen functional groups attached to an aromatic ring is 1. The summed E-state index contributed by atoms with van der Waals surface area (Å²) in [5.74, 6) is -0.349. The number of nitrogens with two attached hydrogens (primary N) is 1. The van der Waals surface area contributed by atoms with Gasteiger partial charge in [0, 0.05) is 18.4 Å². The lowest BCUT2D eigenvalue weighted by molar-refractivity contribution is 0.601. The van der Waals surface area contributed by atoms with Crippen LogP contribution in [0.3, 0.4) is 0 Å². The molecule has 0 radical (unpaired) electrons. The van der Waals surface area contributed by atoms with E-state index < -0.39 is 0 Å². The highest BCUT2D eigenvalue weighted by Crippen LogP contribution is 2.16. The summed E-state index contributed by atoms with van der Waals surface area (Å²) in [4.78, 5) is 0. The standard InChI is InChI=1S/C10H12FN5/c11-9-7-8(12)1-2-10(9)13-3-5-16-6-4-14-15-16/h1-2,4,6-7,13H,3,5,12H2. The molecule has 2 rings (SSSR count). The van der Waals surface area contributed by atoms with Crippen molar-refractivity contribution in [2.24, 2.45) is 0 Å². The van der Waals surface area contributed by atoms with Gasteiger partial charge in [0.15, 0.2) is 0 Å². The van der Waals surface area contributed by atoms with Crippen LogP contribution in [-0.4, -0.2) is 21.5 Å². The molecular formula is C10H12FN5. The summed E-state index contributed by atoms with van der Waals surface area (Å²) in [5.41, 5.74) is 6.30. The van der Waals surface area contributed by atoms with Gasteiger partial charge in [-0.3, -0.25) is 4.68 Å². The molecule has 1 heterocycles. The molecule has 6 heteroatoms. The minimum atomic E-state index is -0.349. The number of nitrogens with zero attached hydrogens (tertiary/aromatic N) is 3. The average molecular weight is 221 g/mol. The fraction of sp³-hybridized carbons (Fsp3) is 0.200. The van der Waals surface area contributed by atoms with Crippen LogP contribution in [0.5, 0.6) is 0 Å². The van der Waals surface area contributed by atoms with E-state index in [9.17, 15) is 4.39 Å². The van der Waals surface area contributed by atoms with Crippen LogP contribution >= 0.6 is 0 Å². The maximum Gasteiger partial charge on any atom is 0.148 e. The molecule has 0 aliphatic heterocycles. The smallest absolute Gasteiger partial charge is 0.148 e. The molecule has 0 fully saturated rings. The van der Waals surface area contributed by atoms with Crippen molar-refractivity contribution in [1.29, 1.82) is 0 Å². The highest BCUT2D eigenvalue weighted by Gasteiger charge is 2.01. The lowest BCUT2D eigenvalue weighted by Crippen LogP contribution is -2.12. The third-order valence-corrected chi connectivity index (χ3v) is 2.12. The molecule has 0 bridgehead atoms. The Morgan fingerprint density at radius 2 is 2.31 bits per heavy atom. The molecule has 5 nitrogen and oxygen atoms in total. The largest absolute Gasteiger partial charge is 0.399 e. The number of hydrogen-bond acceptors (Lipinski definition) is 4. The third kappa shape index (κ3) is 2.47. The SMILES string of the molecule is Nc1ccc(NCCn2ccnn2)c(F)c1. The molecule has 0 aliphatic rings. The topological polar surface area (TPSA) is 68.8 Å². The maximum absolute atomic E-state index is 13.3. The van der Waals surface area contributed by atoms with Gasteiger partial charge >= 0.3 is 0 Å². The van der Waals surface area contributed by atoms with E-state index in [0.29, 0.717) is 24.5 Å². The third-order valence-electron chi connectivity index (χ3n) is 2.12. The monoisotopic (exact) mass is 221 g/mol. The van der Waals surface area contributed by atoms with Crippen LogP contribution in [0.1, 0.15) is 0 Å². The summed E-state index contributed by atoms with van der Waals surface area (Å²) in [7, 11) is 0. The molecule has 0 aliphatic carbocycles. The Bertz CT molecular complexity index is 454. The van der Waals surface area contributed by atoms with Crippen molar-refractivity contribution in [2.45, 2.75) is 6.54 Å². The molecule has 3 N–H and O–H groups in total. The number of anilines is 2. The van der Waals surface area contributed by atoms with Gasteiger partial charge in [-0.05, 0) is 18.2 Å². The van der Waals surface area contributed by atoms with Gasteiger partial charge in [-0.2, -0.15) is 0 Å². The van der Waals surface area contributed by atoms with Gasteiger partial charge in [0.2, 0.25) is 0 Å². The van der Waals surface area contributed by atoms with Crippen LogP contribution in [-0.2, 0) is 6.54 Å². The van der Waals surface area contributed by atoms with Gasteiger partial charge in [0.1, 0.15) is 5.82 Å². The molecule has 16 heavy (non-hydrogen) atoms. The van der Waals surface area contributed by atoms with Crippen molar-refractivity contribution >= 4 is 11.4 Å². The Morgan fingerprint density at radius 1 is 1.44 bits per heavy atom. The van der Waals surface area contributed by atoms with Crippen LogP contribution in [0, 0.1) is 5.82 Å². The lowest BCUT2D eigenvalue weighted by Gasteiger charge is -2.07. The zero-order chi connectivity index (χ0) is 11.4. The normalized spacial score (nSPS) is 10.3. The molecule has 0 saturated carbocycles. The van der Waals surface area contributed by atoms with Gasteiger partial charge in [-0.25, -0.2) is 4.39 Å². The van der Waals surface area contributed by atoms with Gasteiger partial charge in [0.25, 0.3) is 0 Å². The molecule has 0 amide bonds. The second-order valence-electron chi connectivity index (χ2n) is 3.33. The number of rotatable bonds is 4. The minimum Gasteiger partial charge on any atom is -0.399 e. The van der Waals surface area contributed by atoms with Crippen molar-refractivity contribution in [3.05, 3.63) is 36.4 Å². The van der Waals surface area contributed by atoms with E-state index in [2.05, 4.69) is 15.6 Å². The van der Waals surface area contributed by atoms with Crippen LogP contribution in [0.4, 0.5) is 15.8 Å².